The predicted octanol–water partition coefficient (Wildman–Crippen LogP) is 2.50. The fourth-order valence-corrected chi connectivity index (χ4v) is 2.22. The Kier molecular flexibility index (Phi) is 5.39. The van der Waals surface area contributed by atoms with E-state index in [9.17, 15) is 4.21 Å². The molecule has 16 heavy (non-hydrogen) atoms. The second-order valence-electron chi connectivity index (χ2n) is 3.03. The molecule has 0 spiro atoms. The van der Waals surface area contributed by atoms with Crippen LogP contribution in [-0.4, -0.2) is 23.6 Å². The third-order valence-electron chi connectivity index (χ3n) is 1.97. The molecule has 0 radical (unpaired) electrons. The molecular weight excluding hydrogens is 226 g/mol. The number of hydrogen-bond donors (Lipinski definition) is 0. The van der Waals surface area contributed by atoms with Gasteiger partial charge in [0.2, 0.25) is 0 Å². The minimum absolute atomic E-state index is 0.387. The van der Waals surface area contributed by atoms with E-state index >= 15 is 0 Å². The molecule has 0 aliphatic heterocycles. The molecule has 0 saturated heterocycles. The normalized spacial score (nSPS) is 11.6. The first-order valence-electron chi connectivity index (χ1n) is 4.81. The Morgan fingerprint density at radius 3 is 2.69 bits per heavy atom. The number of hydrogen-bond acceptors (Lipinski definition) is 3. The molecule has 0 fully saturated rings. The van der Waals surface area contributed by atoms with Crippen molar-refractivity contribution >= 4 is 10.8 Å². The van der Waals surface area contributed by atoms with Crippen LogP contribution in [0.25, 0.3) is 10.4 Å². The van der Waals surface area contributed by atoms with Crippen molar-refractivity contribution in [1.29, 1.82) is 0 Å². The second kappa shape index (κ2) is 6.87. The molecule has 1 atom stereocenters. The molecule has 0 aliphatic rings. The van der Waals surface area contributed by atoms with Gasteiger partial charge in [0.25, 0.3) is 0 Å². The second-order valence-corrected chi connectivity index (χ2v) is 4.60. The quantitative estimate of drug-likeness (QED) is 0.331. The molecular formula is C10H13N3O2S. The SMILES string of the molecule is COc1ccc(S(=O)CCCN=[N+]=[N-])cc1. The summed E-state index contributed by atoms with van der Waals surface area (Å²) in [7, 11) is 0.553. The van der Waals surface area contributed by atoms with Gasteiger partial charge in [0.1, 0.15) is 5.75 Å². The summed E-state index contributed by atoms with van der Waals surface area (Å²) < 4.78 is 16.8. The van der Waals surface area contributed by atoms with Gasteiger partial charge < -0.3 is 4.74 Å². The number of ether oxygens (including phenoxy) is 1. The van der Waals surface area contributed by atoms with Crippen molar-refractivity contribution in [1.82, 2.24) is 0 Å². The molecule has 1 aromatic carbocycles. The van der Waals surface area contributed by atoms with Crippen molar-refractivity contribution in [3.8, 4) is 5.75 Å². The average Bonchev–Trinajstić information content (AvgIpc) is 2.34. The van der Waals surface area contributed by atoms with Gasteiger partial charge in [-0.2, -0.15) is 0 Å². The van der Waals surface area contributed by atoms with Gasteiger partial charge in [-0.3, -0.25) is 4.21 Å². The average molecular weight is 239 g/mol. The summed E-state index contributed by atoms with van der Waals surface area (Å²) in [6, 6.07) is 7.12. The highest BCUT2D eigenvalue weighted by Crippen LogP contribution is 2.14. The maximum atomic E-state index is 11.7. The first kappa shape index (κ1) is 12.5. The lowest BCUT2D eigenvalue weighted by Gasteiger charge is -2.02. The van der Waals surface area contributed by atoms with Gasteiger partial charge >= 0.3 is 0 Å². The number of methoxy groups -OCH3 is 1. The third kappa shape index (κ3) is 3.92. The Labute approximate surface area is 96.5 Å². The highest BCUT2D eigenvalue weighted by molar-refractivity contribution is 7.85. The molecule has 0 N–H and O–H groups in total. The van der Waals surface area contributed by atoms with Gasteiger partial charge in [0.05, 0.1) is 17.9 Å². The van der Waals surface area contributed by atoms with E-state index in [4.69, 9.17) is 10.3 Å². The number of nitrogens with zero attached hydrogens (tertiary/aromatic N) is 3. The fourth-order valence-electron chi connectivity index (χ4n) is 1.16. The van der Waals surface area contributed by atoms with E-state index in [1.807, 2.05) is 0 Å². The Hall–Kier alpha value is -1.52. The monoisotopic (exact) mass is 239 g/mol. The molecule has 0 aromatic heterocycles. The molecule has 0 amide bonds. The third-order valence-corrected chi connectivity index (χ3v) is 3.43. The summed E-state index contributed by atoms with van der Waals surface area (Å²) in [6.45, 7) is 0.387. The van der Waals surface area contributed by atoms with Crippen LogP contribution in [0, 0.1) is 0 Å². The molecule has 0 bridgehead atoms. The van der Waals surface area contributed by atoms with E-state index in [1.54, 1.807) is 31.4 Å². The Bertz CT molecular complexity index is 399. The molecule has 86 valence electrons. The maximum absolute atomic E-state index is 11.7. The minimum Gasteiger partial charge on any atom is -0.497 e. The van der Waals surface area contributed by atoms with E-state index in [0.29, 0.717) is 18.7 Å². The van der Waals surface area contributed by atoms with Crippen LogP contribution in [0.5, 0.6) is 5.75 Å². The van der Waals surface area contributed by atoms with Crippen LogP contribution < -0.4 is 4.74 Å². The van der Waals surface area contributed by atoms with Crippen molar-refractivity contribution in [2.24, 2.45) is 5.11 Å². The van der Waals surface area contributed by atoms with Crippen LogP contribution in [0.2, 0.25) is 0 Å². The summed E-state index contributed by atoms with van der Waals surface area (Å²) in [4.78, 5) is 3.40. The number of rotatable bonds is 6. The van der Waals surface area contributed by atoms with Gasteiger partial charge in [0.15, 0.2) is 0 Å². The van der Waals surface area contributed by atoms with Crippen molar-refractivity contribution in [3.05, 3.63) is 34.7 Å². The summed E-state index contributed by atoms with van der Waals surface area (Å²) in [5, 5.41) is 3.39. The molecule has 6 heteroatoms. The molecule has 0 heterocycles. The van der Waals surface area contributed by atoms with Crippen molar-refractivity contribution < 1.29 is 8.95 Å². The zero-order valence-electron chi connectivity index (χ0n) is 9.00. The summed E-state index contributed by atoms with van der Waals surface area (Å²) in [5.74, 6) is 1.25. The van der Waals surface area contributed by atoms with E-state index in [-0.39, 0.29) is 0 Å². The molecule has 1 aromatic rings. The van der Waals surface area contributed by atoms with Crippen LogP contribution >= 0.6 is 0 Å². The van der Waals surface area contributed by atoms with E-state index in [0.717, 1.165) is 10.6 Å². The lowest BCUT2D eigenvalue weighted by atomic mass is 10.3. The molecule has 1 rings (SSSR count). The number of azide groups is 1. The number of benzene rings is 1. The summed E-state index contributed by atoms with van der Waals surface area (Å²) in [5.41, 5.74) is 8.07. The largest absolute Gasteiger partial charge is 0.497 e. The topological polar surface area (TPSA) is 75.1 Å². The van der Waals surface area contributed by atoms with E-state index in [2.05, 4.69) is 10.0 Å². The minimum atomic E-state index is -1.04. The highest BCUT2D eigenvalue weighted by atomic mass is 32.2. The van der Waals surface area contributed by atoms with Gasteiger partial charge in [-0.1, -0.05) is 5.11 Å². The standard InChI is InChI=1S/C10H13N3O2S/c1-15-9-3-5-10(6-4-9)16(14)8-2-7-12-13-11/h3-6H,2,7-8H2,1H3. The van der Waals surface area contributed by atoms with Crippen LogP contribution in [0.1, 0.15) is 6.42 Å². The van der Waals surface area contributed by atoms with Gasteiger partial charge in [-0.05, 0) is 36.2 Å². The van der Waals surface area contributed by atoms with E-state index in [1.165, 1.54) is 0 Å². The van der Waals surface area contributed by atoms with Crippen LogP contribution in [0.4, 0.5) is 0 Å². The molecule has 1 unspecified atom stereocenters. The van der Waals surface area contributed by atoms with Crippen molar-refractivity contribution in [2.75, 3.05) is 19.4 Å². The first-order valence-corrected chi connectivity index (χ1v) is 6.13. The van der Waals surface area contributed by atoms with Gasteiger partial charge in [-0.15, -0.1) is 0 Å². The predicted molar refractivity (Wildman–Crippen MR) is 62.9 cm³/mol. The van der Waals surface area contributed by atoms with Crippen LogP contribution in [0.3, 0.4) is 0 Å². The van der Waals surface area contributed by atoms with Gasteiger partial charge in [0, 0.05) is 22.1 Å². The highest BCUT2D eigenvalue weighted by Gasteiger charge is 2.03. The lowest BCUT2D eigenvalue weighted by Crippen LogP contribution is -1.99. The van der Waals surface area contributed by atoms with Crippen molar-refractivity contribution in [2.45, 2.75) is 11.3 Å². The Morgan fingerprint density at radius 1 is 1.44 bits per heavy atom. The lowest BCUT2D eigenvalue weighted by molar-refractivity contribution is 0.414. The molecule has 0 saturated carbocycles. The zero-order chi connectivity index (χ0) is 11.8. The maximum Gasteiger partial charge on any atom is 0.118 e. The van der Waals surface area contributed by atoms with Crippen LogP contribution in [0.15, 0.2) is 34.3 Å². The summed E-state index contributed by atoms with van der Waals surface area (Å²) in [6.07, 6.45) is 0.628. The smallest absolute Gasteiger partial charge is 0.118 e. The first-order chi connectivity index (χ1) is 7.77. The van der Waals surface area contributed by atoms with Gasteiger partial charge in [-0.25, -0.2) is 0 Å². The Balaban J connectivity index is 2.49. The fraction of sp³-hybridized carbons (Fsp3) is 0.400. The molecule has 0 aliphatic carbocycles. The zero-order valence-corrected chi connectivity index (χ0v) is 9.81. The summed E-state index contributed by atoms with van der Waals surface area (Å²) >= 11 is 0. The molecule has 5 nitrogen and oxygen atoms in total. The van der Waals surface area contributed by atoms with E-state index < -0.39 is 10.8 Å². The van der Waals surface area contributed by atoms with Crippen LogP contribution in [-0.2, 0) is 10.8 Å². The Morgan fingerprint density at radius 2 is 2.12 bits per heavy atom. The van der Waals surface area contributed by atoms with Crippen molar-refractivity contribution in [3.63, 3.8) is 0 Å².